The molecule has 0 atom stereocenters. The summed E-state index contributed by atoms with van der Waals surface area (Å²) in [5.74, 6) is -0.756. The lowest BCUT2D eigenvalue weighted by molar-refractivity contribution is -0.120. The summed E-state index contributed by atoms with van der Waals surface area (Å²) in [6, 6.07) is 2.78. The molecule has 20 heavy (non-hydrogen) atoms. The summed E-state index contributed by atoms with van der Waals surface area (Å²) >= 11 is 0. The van der Waals surface area contributed by atoms with Crippen LogP contribution >= 0.6 is 0 Å². The van der Waals surface area contributed by atoms with Crippen molar-refractivity contribution in [1.82, 2.24) is 9.88 Å². The number of aryl methyl sites for hydroxylation is 2. The molecule has 0 aliphatic carbocycles. The van der Waals surface area contributed by atoms with Gasteiger partial charge in [-0.05, 0) is 24.6 Å². The van der Waals surface area contributed by atoms with Gasteiger partial charge in [0.15, 0.2) is 5.82 Å². The fraction of sp³-hybridized carbons (Fsp3) is 0.286. The number of hydrogen-bond donors (Lipinski definition) is 1. The predicted molar refractivity (Wildman–Crippen MR) is 75.2 cm³/mol. The number of urea groups is 1. The number of hydrogen-bond acceptors (Lipinski definition) is 2. The summed E-state index contributed by atoms with van der Waals surface area (Å²) in [7, 11) is 1.85. The highest BCUT2D eigenvalue weighted by molar-refractivity contribution is 6.06. The van der Waals surface area contributed by atoms with Crippen LogP contribution in [0.2, 0.25) is 0 Å². The molecule has 3 rings (SSSR count). The Hall–Kier alpha value is -2.37. The second-order valence-electron chi connectivity index (χ2n) is 4.97. The molecule has 0 spiro atoms. The van der Waals surface area contributed by atoms with Gasteiger partial charge in [0.25, 0.3) is 0 Å². The van der Waals surface area contributed by atoms with Crippen molar-refractivity contribution < 1.29 is 15.4 Å². The zero-order valence-corrected chi connectivity index (χ0v) is 11.2. The van der Waals surface area contributed by atoms with Crippen molar-refractivity contribution in [1.29, 1.82) is 0 Å². The molecule has 0 radical (unpaired) electrons. The maximum atomic E-state index is 14.7. The van der Waals surface area contributed by atoms with Crippen LogP contribution in [0, 0.1) is 12.7 Å². The van der Waals surface area contributed by atoms with Gasteiger partial charge in [0.05, 0.1) is 11.2 Å². The Morgan fingerprint density at radius 3 is 2.80 bits per heavy atom. The zero-order valence-electron chi connectivity index (χ0n) is 11.2. The Labute approximate surface area is 116 Å². The van der Waals surface area contributed by atoms with E-state index in [1.807, 2.05) is 24.7 Å². The lowest BCUT2D eigenvalue weighted by Crippen LogP contribution is -2.49. The van der Waals surface area contributed by atoms with Crippen LogP contribution < -0.4 is 10.2 Å². The third-order valence-corrected chi connectivity index (χ3v) is 3.61. The Bertz CT molecular complexity index is 741. The zero-order chi connectivity index (χ0) is 14.4. The van der Waals surface area contributed by atoms with E-state index in [-0.39, 0.29) is 26.0 Å². The van der Waals surface area contributed by atoms with Gasteiger partial charge >= 0.3 is 6.03 Å². The average molecular weight is 277 g/mol. The molecule has 2 aromatic rings. The predicted octanol–water partition coefficient (Wildman–Crippen LogP) is 2.32. The molecule has 0 unspecified atom stereocenters. The number of amides is 3. The number of imide groups is 1. The Morgan fingerprint density at radius 2 is 2.10 bits per heavy atom. The van der Waals surface area contributed by atoms with Crippen molar-refractivity contribution in [3.05, 3.63) is 29.7 Å². The average Bonchev–Trinajstić information content (AvgIpc) is 2.67. The third kappa shape index (κ3) is 1.76. The van der Waals surface area contributed by atoms with E-state index in [1.54, 1.807) is 12.1 Å². The van der Waals surface area contributed by atoms with Crippen LogP contribution in [0.15, 0.2) is 18.3 Å². The second kappa shape index (κ2) is 4.33. The standard InChI is InChI=1S/C14H14FN3O2.H2/c1-8-7-17(2)9-3-4-10(13(15)12(8)9)18-6-5-11(19)16-14(18)20;/h3-4,7H,5-6H2,1-2H3,(H,16,19,20);1H. The number of carbonyl (C=O) groups excluding carboxylic acids is 2. The molecule has 1 fully saturated rings. The van der Waals surface area contributed by atoms with Crippen LogP contribution in [0.4, 0.5) is 14.9 Å². The third-order valence-electron chi connectivity index (χ3n) is 3.61. The summed E-state index contributed by atoms with van der Waals surface area (Å²) < 4.78 is 16.5. The van der Waals surface area contributed by atoms with Gasteiger partial charge in [0.2, 0.25) is 5.91 Å². The molecule has 0 saturated carbocycles. The first-order chi connectivity index (χ1) is 9.49. The van der Waals surface area contributed by atoms with E-state index in [4.69, 9.17) is 0 Å². The summed E-state index contributed by atoms with van der Waals surface area (Å²) in [6.07, 6.45) is 2.02. The monoisotopic (exact) mass is 277 g/mol. The van der Waals surface area contributed by atoms with Crippen LogP contribution in [0.3, 0.4) is 0 Å². The van der Waals surface area contributed by atoms with Crippen molar-refractivity contribution in [2.75, 3.05) is 11.4 Å². The number of halogens is 1. The van der Waals surface area contributed by atoms with Gasteiger partial charge in [0.1, 0.15) is 0 Å². The van der Waals surface area contributed by atoms with Crippen LogP contribution in [-0.2, 0) is 11.8 Å². The molecular formula is C14H16FN3O2. The molecule has 5 nitrogen and oxygen atoms in total. The van der Waals surface area contributed by atoms with E-state index in [9.17, 15) is 14.0 Å². The number of nitrogens with zero attached hydrogens (tertiary/aromatic N) is 2. The second-order valence-corrected chi connectivity index (χ2v) is 4.97. The van der Waals surface area contributed by atoms with Crippen molar-refractivity contribution >= 4 is 28.5 Å². The minimum absolute atomic E-state index is 0. The highest BCUT2D eigenvalue weighted by Crippen LogP contribution is 2.31. The summed E-state index contributed by atoms with van der Waals surface area (Å²) in [4.78, 5) is 24.2. The van der Waals surface area contributed by atoms with Gasteiger partial charge in [-0.1, -0.05) is 0 Å². The van der Waals surface area contributed by atoms with E-state index in [0.29, 0.717) is 5.39 Å². The minimum Gasteiger partial charge on any atom is -0.350 e. The van der Waals surface area contributed by atoms with Gasteiger partial charge < -0.3 is 4.57 Å². The van der Waals surface area contributed by atoms with Gasteiger partial charge in [-0.15, -0.1) is 0 Å². The summed E-state index contributed by atoms with van der Waals surface area (Å²) in [6.45, 7) is 2.02. The van der Waals surface area contributed by atoms with E-state index < -0.39 is 11.8 Å². The number of nitrogens with one attached hydrogen (secondary N) is 1. The maximum absolute atomic E-state index is 14.7. The first-order valence-corrected chi connectivity index (χ1v) is 6.34. The summed E-state index contributed by atoms with van der Waals surface area (Å²) in [5, 5.41) is 2.71. The quantitative estimate of drug-likeness (QED) is 0.869. The smallest absolute Gasteiger partial charge is 0.328 e. The lowest BCUT2D eigenvalue weighted by Gasteiger charge is -2.27. The van der Waals surface area contributed by atoms with Crippen molar-refractivity contribution in [3.8, 4) is 0 Å². The maximum Gasteiger partial charge on any atom is 0.328 e. The van der Waals surface area contributed by atoms with Crippen LogP contribution in [0.5, 0.6) is 0 Å². The normalized spacial score (nSPS) is 15.8. The molecule has 3 amide bonds. The molecular weight excluding hydrogens is 261 g/mol. The fourth-order valence-corrected chi connectivity index (χ4v) is 2.65. The molecule has 1 aliphatic heterocycles. The van der Waals surface area contributed by atoms with Gasteiger partial charge in [0, 0.05) is 33.0 Å². The van der Waals surface area contributed by atoms with Crippen LogP contribution in [0.25, 0.3) is 10.9 Å². The van der Waals surface area contributed by atoms with Crippen molar-refractivity contribution in [3.63, 3.8) is 0 Å². The van der Waals surface area contributed by atoms with Gasteiger partial charge in [-0.3, -0.25) is 15.0 Å². The number of carbonyl (C=O) groups is 2. The Kier molecular flexibility index (Phi) is 2.74. The molecule has 106 valence electrons. The topological polar surface area (TPSA) is 54.3 Å². The summed E-state index contributed by atoms with van der Waals surface area (Å²) in [5.41, 5.74) is 1.80. The SMILES string of the molecule is Cc1cn(C)c2ccc(N3CCC(=O)NC3=O)c(F)c12.[HH]. The number of benzene rings is 1. The number of fused-ring (bicyclic) bond motifs is 1. The van der Waals surface area contributed by atoms with E-state index in [1.165, 1.54) is 4.90 Å². The fourth-order valence-electron chi connectivity index (χ4n) is 2.65. The molecule has 1 aromatic carbocycles. The first kappa shape index (κ1) is 12.7. The lowest BCUT2D eigenvalue weighted by atomic mass is 10.1. The van der Waals surface area contributed by atoms with Crippen molar-refractivity contribution in [2.24, 2.45) is 7.05 Å². The molecule has 1 saturated heterocycles. The highest BCUT2D eigenvalue weighted by atomic mass is 19.1. The molecule has 6 heteroatoms. The Balaban J connectivity index is 0.00000161. The number of anilines is 1. The van der Waals surface area contributed by atoms with E-state index in [2.05, 4.69) is 5.32 Å². The Morgan fingerprint density at radius 1 is 1.35 bits per heavy atom. The van der Waals surface area contributed by atoms with Crippen molar-refractivity contribution in [2.45, 2.75) is 13.3 Å². The molecule has 1 N–H and O–H groups in total. The highest BCUT2D eigenvalue weighted by Gasteiger charge is 2.27. The largest absolute Gasteiger partial charge is 0.350 e. The molecule has 1 aromatic heterocycles. The molecule has 0 bridgehead atoms. The first-order valence-electron chi connectivity index (χ1n) is 6.34. The van der Waals surface area contributed by atoms with E-state index in [0.717, 1.165) is 11.1 Å². The minimum atomic E-state index is -0.576. The van der Waals surface area contributed by atoms with Crippen LogP contribution in [-0.4, -0.2) is 23.1 Å². The number of aromatic nitrogens is 1. The van der Waals surface area contributed by atoms with E-state index >= 15 is 0 Å². The molecule has 1 aliphatic rings. The van der Waals surface area contributed by atoms with Crippen LogP contribution in [0.1, 0.15) is 13.4 Å². The molecule has 2 heterocycles. The number of rotatable bonds is 1. The van der Waals surface area contributed by atoms with Gasteiger partial charge in [-0.2, -0.15) is 0 Å². The van der Waals surface area contributed by atoms with Gasteiger partial charge in [-0.25, -0.2) is 9.18 Å².